The minimum Gasteiger partial charge on any atom is -0.382 e. The number of halogens is 1. The van der Waals surface area contributed by atoms with Crippen molar-refractivity contribution in [1.82, 2.24) is 20.3 Å². The van der Waals surface area contributed by atoms with E-state index in [0.717, 1.165) is 9.35 Å². The number of hydrogen-bond donors (Lipinski definition) is 2. The molecule has 0 fully saturated rings. The zero-order valence-corrected chi connectivity index (χ0v) is 10.7. The van der Waals surface area contributed by atoms with Crippen molar-refractivity contribution in [2.45, 2.75) is 0 Å². The number of thiophene rings is 1. The van der Waals surface area contributed by atoms with Crippen LogP contribution in [0.3, 0.4) is 0 Å². The number of rotatable bonds is 2. The lowest BCUT2D eigenvalue weighted by Crippen LogP contribution is -1.81. The third-order valence-electron chi connectivity index (χ3n) is 2.04. The second kappa shape index (κ2) is 3.97. The molecule has 8 heteroatoms. The Hall–Kier alpha value is -1.67. The molecule has 3 N–H and O–H groups in total. The molecule has 0 saturated carbocycles. The number of aromatic nitrogens is 4. The van der Waals surface area contributed by atoms with Gasteiger partial charge in [-0.25, -0.2) is 0 Å². The molecule has 0 aromatic carbocycles. The highest BCUT2D eigenvalue weighted by molar-refractivity contribution is 9.10. The van der Waals surface area contributed by atoms with Crippen LogP contribution in [0.15, 0.2) is 26.5 Å². The van der Waals surface area contributed by atoms with Crippen molar-refractivity contribution in [2.75, 3.05) is 5.73 Å². The Labute approximate surface area is 108 Å². The molecule has 0 bridgehead atoms. The first-order valence-corrected chi connectivity index (χ1v) is 6.29. The second-order valence-corrected chi connectivity index (χ2v) is 5.09. The van der Waals surface area contributed by atoms with E-state index >= 15 is 0 Å². The Kier molecular flexibility index (Phi) is 2.45. The van der Waals surface area contributed by atoms with Crippen molar-refractivity contribution in [3.05, 3.63) is 22.0 Å². The molecule has 3 heterocycles. The van der Waals surface area contributed by atoms with Crippen LogP contribution in [0.5, 0.6) is 0 Å². The van der Waals surface area contributed by atoms with Crippen LogP contribution in [0.1, 0.15) is 0 Å². The SMILES string of the molecule is Nc1cc(-c2nc(-c3cc(Br)cs3)no2)[nH]n1. The third-order valence-corrected chi connectivity index (χ3v) is 3.73. The van der Waals surface area contributed by atoms with E-state index in [1.165, 1.54) is 11.3 Å². The van der Waals surface area contributed by atoms with Crippen molar-refractivity contribution < 1.29 is 4.52 Å². The number of nitrogen functional groups attached to an aromatic ring is 1. The first-order chi connectivity index (χ1) is 8.22. The molecule has 0 spiro atoms. The van der Waals surface area contributed by atoms with Gasteiger partial charge in [0.05, 0.1) is 4.88 Å². The van der Waals surface area contributed by atoms with Gasteiger partial charge in [0, 0.05) is 15.9 Å². The van der Waals surface area contributed by atoms with Gasteiger partial charge in [-0.1, -0.05) is 5.16 Å². The zero-order valence-electron chi connectivity index (χ0n) is 8.35. The maximum atomic E-state index is 5.50. The van der Waals surface area contributed by atoms with Crippen LogP contribution < -0.4 is 5.73 Å². The highest BCUT2D eigenvalue weighted by atomic mass is 79.9. The van der Waals surface area contributed by atoms with E-state index < -0.39 is 0 Å². The molecular formula is C9H6BrN5OS. The van der Waals surface area contributed by atoms with E-state index in [2.05, 4.69) is 36.3 Å². The molecular weight excluding hydrogens is 306 g/mol. The maximum Gasteiger partial charge on any atom is 0.276 e. The van der Waals surface area contributed by atoms with E-state index in [1.807, 2.05) is 11.4 Å². The number of anilines is 1. The number of aromatic amines is 1. The Morgan fingerprint density at radius 3 is 2.94 bits per heavy atom. The van der Waals surface area contributed by atoms with E-state index in [1.54, 1.807) is 6.07 Å². The van der Waals surface area contributed by atoms with Gasteiger partial charge in [-0.15, -0.1) is 11.3 Å². The fourth-order valence-corrected chi connectivity index (χ4v) is 2.66. The smallest absolute Gasteiger partial charge is 0.276 e. The van der Waals surface area contributed by atoms with E-state index in [0.29, 0.717) is 23.2 Å². The second-order valence-electron chi connectivity index (χ2n) is 3.26. The molecule has 17 heavy (non-hydrogen) atoms. The number of nitrogens with two attached hydrogens (primary N) is 1. The zero-order chi connectivity index (χ0) is 11.8. The molecule has 3 aromatic rings. The Balaban J connectivity index is 1.98. The van der Waals surface area contributed by atoms with Gasteiger partial charge in [0.2, 0.25) is 5.82 Å². The monoisotopic (exact) mass is 311 g/mol. The predicted octanol–water partition coefficient (Wildman–Crippen LogP) is 2.53. The summed E-state index contributed by atoms with van der Waals surface area (Å²) in [5.74, 6) is 1.30. The number of H-pyrrole nitrogens is 1. The van der Waals surface area contributed by atoms with Crippen LogP contribution in [-0.4, -0.2) is 20.3 Å². The van der Waals surface area contributed by atoms with Gasteiger partial charge >= 0.3 is 0 Å². The van der Waals surface area contributed by atoms with Crippen molar-refractivity contribution >= 4 is 33.1 Å². The molecule has 0 aliphatic carbocycles. The fourth-order valence-electron chi connectivity index (χ4n) is 1.31. The predicted molar refractivity (Wildman–Crippen MR) is 67.3 cm³/mol. The molecule has 86 valence electrons. The number of nitrogens with one attached hydrogen (secondary N) is 1. The summed E-state index contributed by atoms with van der Waals surface area (Å²) in [5, 5.41) is 12.4. The van der Waals surface area contributed by atoms with Gasteiger partial charge in [0.25, 0.3) is 5.89 Å². The normalized spacial score (nSPS) is 10.9. The summed E-state index contributed by atoms with van der Waals surface area (Å²) < 4.78 is 6.13. The quantitative estimate of drug-likeness (QED) is 0.758. The van der Waals surface area contributed by atoms with Crippen LogP contribution in [-0.2, 0) is 0 Å². The molecule has 0 saturated heterocycles. The summed E-state index contributed by atoms with van der Waals surface area (Å²) in [4.78, 5) is 5.19. The highest BCUT2D eigenvalue weighted by Crippen LogP contribution is 2.29. The van der Waals surface area contributed by atoms with E-state index in [9.17, 15) is 0 Å². The molecule has 0 unspecified atom stereocenters. The summed E-state index contributed by atoms with van der Waals surface area (Å²) >= 11 is 4.91. The number of nitrogens with zero attached hydrogens (tertiary/aromatic N) is 3. The van der Waals surface area contributed by atoms with Crippen LogP contribution in [0, 0.1) is 0 Å². The van der Waals surface area contributed by atoms with Crippen molar-refractivity contribution in [3.63, 3.8) is 0 Å². The lowest BCUT2D eigenvalue weighted by Gasteiger charge is -1.83. The molecule has 0 aliphatic rings. The van der Waals surface area contributed by atoms with Gasteiger partial charge in [0.1, 0.15) is 11.5 Å². The van der Waals surface area contributed by atoms with Gasteiger partial charge in [-0.3, -0.25) is 5.10 Å². The number of hydrogen-bond acceptors (Lipinski definition) is 6. The Morgan fingerprint density at radius 2 is 2.29 bits per heavy atom. The third kappa shape index (κ3) is 1.96. The minimum atomic E-state index is 0.369. The summed E-state index contributed by atoms with van der Waals surface area (Å²) in [7, 11) is 0. The van der Waals surface area contributed by atoms with Crippen molar-refractivity contribution in [3.8, 4) is 22.3 Å². The topological polar surface area (TPSA) is 93.6 Å². The molecule has 0 amide bonds. The summed E-state index contributed by atoms with van der Waals surface area (Å²) in [5.41, 5.74) is 6.11. The largest absolute Gasteiger partial charge is 0.382 e. The molecule has 3 rings (SSSR count). The van der Waals surface area contributed by atoms with Crippen molar-refractivity contribution in [2.24, 2.45) is 0 Å². The first-order valence-electron chi connectivity index (χ1n) is 4.62. The lowest BCUT2D eigenvalue weighted by atomic mass is 10.4. The minimum absolute atomic E-state index is 0.369. The molecule has 6 nitrogen and oxygen atoms in total. The van der Waals surface area contributed by atoms with Crippen LogP contribution in [0.25, 0.3) is 22.3 Å². The maximum absolute atomic E-state index is 5.50. The molecule has 0 aliphatic heterocycles. The average molecular weight is 312 g/mol. The Morgan fingerprint density at radius 1 is 1.41 bits per heavy atom. The average Bonchev–Trinajstić information content (AvgIpc) is 2.96. The molecule has 3 aromatic heterocycles. The van der Waals surface area contributed by atoms with Gasteiger partial charge < -0.3 is 10.3 Å². The summed E-state index contributed by atoms with van der Waals surface area (Å²) in [6.45, 7) is 0. The lowest BCUT2D eigenvalue weighted by molar-refractivity contribution is 0.431. The van der Waals surface area contributed by atoms with Gasteiger partial charge in [-0.2, -0.15) is 10.1 Å². The van der Waals surface area contributed by atoms with Crippen LogP contribution >= 0.6 is 27.3 Å². The Bertz CT molecular complexity index is 603. The molecule has 0 atom stereocenters. The fraction of sp³-hybridized carbons (Fsp3) is 0. The van der Waals surface area contributed by atoms with E-state index in [4.69, 9.17) is 10.3 Å². The highest BCUT2D eigenvalue weighted by Gasteiger charge is 2.13. The summed E-state index contributed by atoms with van der Waals surface area (Å²) in [6.07, 6.45) is 0. The van der Waals surface area contributed by atoms with Crippen LogP contribution in [0.4, 0.5) is 5.82 Å². The van der Waals surface area contributed by atoms with Gasteiger partial charge in [0.15, 0.2) is 0 Å². The first kappa shape index (κ1) is 10.5. The van der Waals surface area contributed by atoms with Gasteiger partial charge in [-0.05, 0) is 22.0 Å². The van der Waals surface area contributed by atoms with E-state index in [-0.39, 0.29) is 0 Å². The van der Waals surface area contributed by atoms with Crippen molar-refractivity contribution in [1.29, 1.82) is 0 Å². The van der Waals surface area contributed by atoms with Crippen LogP contribution in [0.2, 0.25) is 0 Å². The standard InChI is InChI=1S/C9H6BrN5OS/c10-4-1-6(17-3-4)8-12-9(16-15-8)5-2-7(11)14-13-5/h1-3H,(H3,11,13,14). The summed E-state index contributed by atoms with van der Waals surface area (Å²) in [6, 6.07) is 3.57. The molecule has 0 radical (unpaired) electrons.